The van der Waals surface area contributed by atoms with Crippen LogP contribution >= 0.6 is 11.9 Å². The molecule has 2 aromatic heterocycles. The first-order chi connectivity index (χ1) is 14.8. The molecule has 152 valence electrons. The Morgan fingerprint density at radius 2 is 1.83 bits per heavy atom. The first-order valence-electron chi connectivity index (χ1n) is 9.96. The fourth-order valence-electron chi connectivity index (χ4n) is 3.03. The molecular weight excluding hydrogens is 392 g/mol. The Morgan fingerprint density at radius 1 is 0.933 bits per heavy atom. The molecule has 5 nitrogen and oxygen atoms in total. The lowest BCUT2D eigenvalue weighted by Crippen LogP contribution is -2.11. The summed E-state index contributed by atoms with van der Waals surface area (Å²) >= 11 is 1.58. The van der Waals surface area contributed by atoms with Crippen LogP contribution in [0.15, 0.2) is 84.0 Å². The summed E-state index contributed by atoms with van der Waals surface area (Å²) in [6.07, 6.45) is 4.68. The molecule has 6 heteroatoms. The zero-order chi connectivity index (χ0) is 20.6. The molecule has 0 aliphatic carbocycles. The molecule has 0 amide bonds. The van der Waals surface area contributed by atoms with Crippen molar-refractivity contribution in [3.63, 3.8) is 0 Å². The number of hydrogen-bond acceptors (Lipinski definition) is 6. The number of pyridine rings is 2. The van der Waals surface area contributed by atoms with Crippen LogP contribution in [0.3, 0.4) is 0 Å². The number of aromatic nitrogens is 2. The van der Waals surface area contributed by atoms with Crippen molar-refractivity contribution in [3.8, 4) is 11.6 Å². The fourth-order valence-corrected chi connectivity index (χ4v) is 3.68. The van der Waals surface area contributed by atoms with E-state index in [0.717, 1.165) is 46.7 Å². The van der Waals surface area contributed by atoms with E-state index in [-0.39, 0.29) is 0 Å². The molecule has 4 rings (SSSR count). The molecule has 0 aliphatic heterocycles. The van der Waals surface area contributed by atoms with Gasteiger partial charge in [-0.2, -0.15) is 0 Å². The van der Waals surface area contributed by atoms with E-state index in [1.165, 1.54) is 5.56 Å². The highest BCUT2D eigenvalue weighted by atomic mass is 32.2. The lowest BCUT2D eigenvalue weighted by atomic mass is 10.1. The summed E-state index contributed by atoms with van der Waals surface area (Å²) < 4.78 is 9.10. The van der Waals surface area contributed by atoms with Gasteiger partial charge in [0.2, 0.25) is 5.88 Å². The number of rotatable bonds is 9. The Balaban J connectivity index is 1.19. The van der Waals surface area contributed by atoms with E-state index in [2.05, 4.69) is 45.1 Å². The third-order valence-electron chi connectivity index (χ3n) is 4.53. The predicted molar refractivity (Wildman–Crippen MR) is 124 cm³/mol. The third kappa shape index (κ3) is 5.49. The predicted octanol–water partition coefficient (Wildman–Crippen LogP) is 5.83. The van der Waals surface area contributed by atoms with Gasteiger partial charge in [-0.15, -0.1) is 0 Å². The summed E-state index contributed by atoms with van der Waals surface area (Å²) in [7, 11) is 0. The van der Waals surface area contributed by atoms with E-state index in [1.54, 1.807) is 11.9 Å². The normalized spacial score (nSPS) is 10.8. The zero-order valence-corrected chi connectivity index (χ0v) is 17.7. The van der Waals surface area contributed by atoms with Gasteiger partial charge in [0.1, 0.15) is 5.75 Å². The lowest BCUT2D eigenvalue weighted by molar-refractivity contribution is 0.462. The summed E-state index contributed by atoms with van der Waals surface area (Å²) in [6.45, 7) is 3.87. The number of anilines is 1. The molecule has 0 saturated heterocycles. The van der Waals surface area contributed by atoms with Crippen LogP contribution in [0.2, 0.25) is 0 Å². The van der Waals surface area contributed by atoms with E-state index in [9.17, 15) is 0 Å². The quantitative estimate of drug-likeness (QED) is 0.264. The monoisotopic (exact) mass is 416 g/mol. The molecule has 0 unspecified atom stereocenters. The molecule has 2 heterocycles. The van der Waals surface area contributed by atoms with Crippen molar-refractivity contribution in [2.75, 3.05) is 18.4 Å². The summed E-state index contributed by atoms with van der Waals surface area (Å²) in [4.78, 5) is 9.87. The van der Waals surface area contributed by atoms with Gasteiger partial charge in [0.15, 0.2) is 0 Å². The van der Waals surface area contributed by atoms with Crippen LogP contribution < -0.4 is 14.8 Å². The standard InChI is InChI=1S/C24H24N4OS/c1-18-8-10-21-22(12-15-26-23(21)16-18)25-13-5-14-28-30-20-9-11-24(27-17-20)29-19-6-3-2-4-7-19/h2-4,6-12,15-17,28H,5,13-14H2,1H3,(H,25,26). The summed E-state index contributed by atoms with van der Waals surface area (Å²) in [5.41, 5.74) is 3.38. The van der Waals surface area contributed by atoms with Crippen LogP contribution in [0.5, 0.6) is 11.6 Å². The second kappa shape index (κ2) is 10.1. The molecule has 0 aliphatic rings. The Hall–Kier alpha value is -3.09. The molecule has 0 atom stereocenters. The minimum Gasteiger partial charge on any atom is -0.439 e. The molecule has 2 aromatic carbocycles. The Kier molecular flexibility index (Phi) is 6.79. The maximum Gasteiger partial charge on any atom is 0.219 e. The first-order valence-corrected chi connectivity index (χ1v) is 10.8. The summed E-state index contributed by atoms with van der Waals surface area (Å²) in [5, 5.41) is 4.68. The molecule has 0 fully saturated rings. The van der Waals surface area contributed by atoms with Crippen LogP contribution in [0.4, 0.5) is 5.69 Å². The second-order valence-corrected chi connectivity index (χ2v) is 7.87. The highest BCUT2D eigenvalue weighted by Crippen LogP contribution is 2.23. The number of aryl methyl sites for hydroxylation is 1. The number of nitrogens with one attached hydrogen (secondary N) is 2. The molecule has 0 bridgehead atoms. The van der Waals surface area contributed by atoms with Crippen molar-refractivity contribution in [1.29, 1.82) is 0 Å². The van der Waals surface area contributed by atoms with Crippen LogP contribution in [-0.2, 0) is 0 Å². The van der Waals surface area contributed by atoms with Gasteiger partial charge in [-0.3, -0.25) is 9.71 Å². The molecule has 2 N–H and O–H groups in total. The Morgan fingerprint density at radius 3 is 2.67 bits per heavy atom. The maximum atomic E-state index is 5.72. The van der Waals surface area contributed by atoms with Crippen molar-refractivity contribution >= 4 is 28.5 Å². The highest BCUT2D eigenvalue weighted by molar-refractivity contribution is 7.97. The van der Waals surface area contributed by atoms with Gasteiger partial charge in [0.25, 0.3) is 0 Å². The highest BCUT2D eigenvalue weighted by Gasteiger charge is 2.02. The molecule has 0 saturated carbocycles. The third-order valence-corrected chi connectivity index (χ3v) is 5.36. The smallest absolute Gasteiger partial charge is 0.219 e. The Bertz CT molecular complexity index is 1090. The minimum atomic E-state index is 0.592. The average Bonchev–Trinajstić information content (AvgIpc) is 2.78. The lowest BCUT2D eigenvalue weighted by Gasteiger charge is -2.10. The van der Waals surface area contributed by atoms with Crippen molar-refractivity contribution in [1.82, 2.24) is 14.7 Å². The Labute approximate surface area is 181 Å². The number of hydrogen-bond donors (Lipinski definition) is 2. The van der Waals surface area contributed by atoms with E-state index in [4.69, 9.17) is 4.74 Å². The van der Waals surface area contributed by atoms with Gasteiger partial charge < -0.3 is 10.1 Å². The van der Waals surface area contributed by atoms with Crippen LogP contribution in [-0.4, -0.2) is 23.1 Å². The molecule has 4 aromatic rings. The van der Waals surface area contributed by atoms with Crippen molar-refractivity contribution in [2.45, 2.75) is 18.2 Å². The van der Waals surface area contributed by atoms with Crippen molar-refractivity contribution < 1.29 is 4.74 Å². The van der Waals surface area contributed by atoms with Crippen LogP contribution in [0.1, 0.15) is 12.0 Å². The number of nitrogens with zero attached hydrogens (tertiary/aromatic N) is 2. The molecular formula is C24H24N4OS. The molecule has 30 heavy (non-hydrogen) atoms. The zero-order valence-electron chi connectivity index (χ0n) is 16.8. The van der Waals surface area contributed by atoms with Gasteiger partial charge in [0.05, 0.1) is 5.52 Å². The van der Waals surface area contributed by atoms with Gasteiger partial charge in [0, 0.05) is 47.5 Å². The average molecular weight is 417 g/mol. The first kappa shape index (κ1) is 20.2. The topological polar surface area (TPSA) is 59.1 Å². The van der Waals surface area contributed by atoms with Gasteiger partial charge in [-0.05, 0) is 61.2 Å². The van der Waals surface area contributed by atoms with E-state index in [0.29, 0.717) is 5.88 Å². The van der Waals surface area contributed by atoms with Gasteiger partial charge in [-0.1, -0.05) is 30.3 Å². The van der Waals surface area contributed by atoms with E-state index >= 15 is 0 Å². The number of benzene rings is 2. The van der Waals surface area contributed by atoms with E-state index < -0.39 is 0 Å². The maximum absolute atomic E-state index is 5.72. The summed E-state index contributed by atoms with van der Waals surface area (Å²) in [5.74, 6) is 1.38. The summed E-state index contributed by atoms with van der Waals surface area (Å²) in [6, 6.07) is 22.0. The van der Waals surface area contributed by atoms with Gasteiger partial charge >= 0.3 is 0 Å². The largest absolute Gasteiger partial charge is 0.439 e. The van der Waals surface area contributed by atoms with E-state index in [1.807, 2.05) is 60.9 Å². The number of fused-ring (bicyclic) bond motifs is 1. The molecule has 0 radical (unpaired) electrons. The van der Waals surface area contributed by atoms with Crippen molar-refractivity contribution in [2.24, 2.45) is 0 Å². The van der Waals surface area contributed by atoms with Crippen LogP contribution in [0, 0.1) is 6.92 Å². The minimum absolute atomic E-state index is 0.592. The van der Waals surface area contributed by atoms with Gasteiger partial charge in [-0.25, -0.2) is 4.98 Å². The SMILES string of the molecule is Cc1ccc2c(NCCCNSc3ccc(Oc4ccccc4)nc3)ccnc2c1. The number of para-hydroxylation sites is 1. The molecule has 0 spiro atoms. The second-order valence-electron chi connectivity index (χ2n) is 6.90. The fraction of sp³-hybridized carbons (Fsp3) is 0.167. The number of ether oxygens (including phenoxy) is 1. The van der Waals surface area contributed by atoms with Crippen LogP contribution in [0.25, 0.3) is 10.9 Å². The van der Waals surface area contributed by atoms with Crippen molar-refractivity contribution in [3.05, 3.63) is 84.7 Å².